The number of fused-ring (bicyclic) bond motifs is 1. The van der Waals surface area contributed by atoms with Crippen LogP contribution in [0.25, 0.3) is 21.5 Å². The van der Waals surface area contributed by atoms with Gasteiger partial charge in [-0.3, -0.25) is 0 Å². The number of benzene rings is 1. The Bertz CT molecular complexity index is 878. The van der Waals surface area contributed by atoms with E-state index < -0.39 is 0 Å². The van der Waals surface area contributed by atoms with E-state index >= 15 is 0 Å². The van der Waals surface area contributed by atoms with E-state index in [0.29, 0.717) is 0 Å². The van der Waals surface area contributed by atoms with Gasteiger partial charge in [0, 0.05) is 22.2 Å². The molecule has 0 atom stereocenters. The minimum atomic E-state index is 0.137. The second kappa shape index (κ2) is 5.84. The zero-order chi connectivity index (χ0) is 17.7. The Labute approximate surface area is 154 Å². The third kappa shape index (κ3) is 2.85. The lowest BCUT2D eigenvalue weighted by atomic mass is 9.79. The van der Waals surface area contributed by atoms with Crippen LogP contribution in [0.1, 0.15) is 47.0 Å². The average Bonchev–Trinajstić information content (AvgIpc) is 3.07. The van der Waals surface area contributed by atoms with Crippen molar-refractivity contribution < 1.29 is 0 Å². The molecule has 3 heterocycles. The molecule has 1 fully saturated rings. The Kier molecular flexibility index (Phi) is 3.88. The number of hydrogen-bond acceptors (Lipinski definition) is 3. The van der Waals surface area contributed by atoms with Crippen LogP contribution in [0.4, 0.5) is 5.69 Å². The topological polar surface area (TPSA) is 16.1 Å². The molecule has 0 spiro atoms. The van der Waals surface area contributed by atoms with Crippen molar-refractivity contribution in [3.05, 3.63) is 47.8 Å². The number of piperidine rings is 1. The van der Waals surface area contributed by atoms with Crippen LogP contribution < -0.4 is 4.90 Å². The van der Waals surface area contributed by atoms with Gasteiger partial charge in [-0.25, -0.2) is 4.98 Å². The quantitative estimate of drug-likeness (QED) is 0.523. The summed E-state index contributed by atoms with van der Waals surface area (Å²) in [6.07, 6.45) is 3.74. The number of aromatic nitrogens is 1. The van der Waals surface area contributed by atoms with Crippen molar-refractivity contribution in [3.8, 4) is 10.6 Å². The van der Waals surface area contributed by atoms with Gasteiger partial charge < -0.3 is 4.90 Å². The Balaban J connectivity index is 1.99. The first-order valence-corrected chi connectivity index (χ1v) is 10.0. The lowest BCUT2D eigenvalue weighted by Crippen LogP contribution is -2.59. The summed E-state index contributed by atoms with van der Waals surface area (Å²) < 4.78 is 0. The zero-order valence-electron chi connectivity index (χ0n) is 15.5. The van der Waals surface area contributed by atoms with Crippen molar-refractivity contribution in [2.45, 2.75) is 58.0 Å². The van der Waals surface area contributed by atoms with Crippen molar-refractivity contribution >= 4 is 27.9 Å². The Hall–Kier alpha value is -1.87. The number of pyridine rings is 1. The Morgan fingerprint density at radius 2 is 1.68 bits per heavy atom. The molecule has 3 heteroatoms. The predicted octanol–water partition coefficient (Wildman–Crippen LogP) is 6.51. The molecule has 1 aliphatic heterocycles. The fraction of sp³-hybridized carbons (Fsp3) is 0.409. The van der Waals surface area contributed by atoms with Gasteiger partial charge in [0.25, 0.3) is 0 Å². The summed E-state index contributed by atoms with van der Waals surface area (Å²) in [5.41, 5.74) is 3.77. The zero-order valence-corrected chi connectivity index (χ0v) is 16.4. The van der Waals surface area contributed by atoms with E-state index in [4.69, 9.17) is 4.98 Å². The summed E-state index contributed by atoms with van der Waals surface area (Å²) in [4.78, 5) is 8.85. The van der Waals surface area contributed by atoms with E-state index in [-0.39, 0.29) is 11.1 Å². The third-order valence-corrected chi connectivity index (χ3v) is 6.39. The first kappa shape index (κ1) is 16.6. The first-order chi connectivity index (χ1) is 11.9. The molecule has 0 saturated carbocycles. The summed E-state index contributed by atoms with van der Waals surface area (Å²) >= 11 is 1.76. The maximum Gasteiger partial charge on any atom is 0.0830 e. The van der Waals surface area contributed by atoms with Gasteiger partial charge in [-0.2, -0.15) is 0 Å². The average molecular weight is 351 g/mol. The second-order valence-electron chi connectivity index (χ2n) is 8.33. The van der Waals surface area contributed by atoms with Gasteiger partial charge in [-0.1, -0.05) is 24.3 Å². The molecule has 1 aromatic carbocycles. The largest absolute Gasteiger partial charge is 0.361 e. The molecule has 4 rings (SSSR count). The molecule has 25 heavy (non-hydrogen) atoms. The number of nitrogens with zero attached hydrogens (tertiary/aromatic N) is 2. The van der Waals surface area contributed by atoms with Crippen LogP contribution >= 0.6 is 11.3 Å². The molecule has 0 amide bonds. The molecule has 130 valence electrons. The fourth-order valence-electron chi connectivity index (χ4n) is 4.54. The van der Waals surface area contributed by atoms with Gasteiger partial charge in [-0.05, 0) is 70.5 Å². The molecule has 1 saturated heterocycles. The second-order valence-corrected chi connectivity index (χ2v) is 9.28. The van der Waals surface area contributed by atoms with Gasteiger partial charge in [0.15, 0.2) is 0 Å². The van der Waals surface area contributed by atoms with Crippen molar-refractivity contribution in [2.24, 2.45) is 0 Å². The van der Waals surface area contributed by atoms with E-state index in [1.807, 2.05) is 0 Å². The Morgan fingerprint density at radius 3 is 2.36 bits per heavy atom. The number of hydrogen-bond donors (Lipinski definition) is 0. The SMILES string of the molecule is CC1(C)CCCC(C)(C)N1c1cc(-c2cccs2)nc2ccccc12. The maximum absolute atomic E-state index is 4.95. The summed E-state index contributed by atoms with van der Waals surface area (Å²) in [5.74, 6) is 0. The van der Waals surface area contributed by atoms with Crippen LogP contribution in [0.5, 0.6) is 0 Å². The molecular weight excluding hydrogens is 324 g/mol. The van der Waals surface area contributed by atoms with Gasteiger partial charge in [-0.15, -0.1) is 11.3 Å². The summed E-state index contributed by atoms with van der Waals surface area (Å²) in [6.45, 7) is 9.53. The number of thiophene rings is 1. The van der Waals surface area contributed by atoms with Gasteiger partial charge in [0.05, 0.1) is 16.1 Å². The van der Waals surface area contributed by atoms with Crippen molar-refractivity contribution in [2.75, 3.05) is 4.90 Å². The lowest BCUT2D eigenvalue weighted by Gasteiger charge is -2.54. The van der Waals surface area contributed by atoms with E-state index in [2.05, 4.69) is 80.4 Å². The molecule has 0 N–H and O–H groups in total. The van der Waals surface area contributed by atoms with Gasteiger partial charge >= 0.3 is 0 Å². The highest BCUT2D eigenvalue weighted by Gasteiger charge is 2.42. The van der Waals surface area contributed by atoms with Gasteiger partial charge in [0.1, 0.15) is 0 Å². The minimum absolute atomic E-state index is 0.137. The minimum Gasteiger partial charge on any atom is -0.361 e. The molecule has 1 aliphatic rings. The van der Waals surface area contributed by atoms with Crippen LogP contribution in [0.3, 0.4) is 0 Å². The normalized spacial score (nSPS) is 19.3. The number of para-hydroxylation sites is 1. The molecule has 3 aromatic rings. The van der Waals surface area contributed by atoms with E-state index in [1.165, 1.54) is 35.2 Å². The predicted molar refractivity (Wildman–Crippen MR) is 110 cm³/mol. The number of rotatable bonds is 2. The van der Waals surface area contributed by atoms with Crippen LogP contribution in [-0.2, 0) is 0 Å². The van der Waals surface area contributed by atoms with Crippen LogP contribution in [-0.4, -0.2) is 16.1 Å². The van der Waals surface area contributed by atoms with Crippen molar-refractivity contribution in [1.82, 2.24) is 4.98 Å². The maximum atomic E-state index is 4.95. The third-order valence-electron chi connectivity index (χ3n) is 5.50. The highest BCUT2D eigenvalue weighted by Crippen LogP contribution is 2.45. The molecule has 0 bridgehead atoms. The highest BCUT2D eigenvalue weighted by molar-refractivity contribution is 7.13. The van der Waals surface area contributed by atoms with Crippen molar-refractivity contribution in [1.29, 1.82) is 0 Å². The fourth-order valence-corrected chi connectivity index (χ4v) is 5.23. The lowest BCUT2D eigenvalue weighted by molar-refractivity contribution is 0.245. The number of anilines is 1. The van der Waals surface area contributed by atoms with Gasteiger partial charge in [0.2, 0.25) is 0 Å². The molecule has 2 aromatic heterocycles. The van der Waals surface area contributed by atoms with Crippen molar-refractivity contribution in [3.63, 3.8) is 0 Å². The standard InChI is InChI=1S/C22H26N2S/c1-21(2)12-8-13-22(3,4)24(21)19-15-18(20-11-7-14-25-20)23-17-10-6-5-9-16(17)19/h5-7,9-11,14-15H,8,12-13H2,1-4H3. The summed E-state index contributed by atoms with van der Waals surface area (Å²) in [6, 6.07) is 15.1. The molecule has 0 aliphatic carbocycles. The Morgan fingerprint density at radius 1 is 0.960 bits per heavy atom. The summed E-state index contributed by atoms with van der Waals surface area (Å²) in [7, 11) is 0. The van der Waals surface area contributed by atoms with Crippen LogP contribution in [0.15, 0.2) is 47.8 Å². The van der Waals surface area contributed by atoms with Crippen LogP contribution in [0, 0.1) is 0 Å². The molecule has 2 nitrogen and oxygen atoms in total. The molecule has 0 radical (unpaired) electrons. The molecule has 0 unspecified atom stereocenters. The first-order valence-electron chi connectivity index (χ1n) is 9.13. The summed E-state index contributed by atoms with van der Waals surface area (Å²) in [5, 5.41) is 3.38. The van der Waals surface area contributed by atoms with E-state index in [9.17, 15) is 0 Å². The molecular formula is C22H26N2S. The smallest absolute Gasteiger partial charge is 0.0830 e. The van der Waals surface area contributed by atoms with E-state index in [1.54, 1.807) is 11.3 Å². The van der Waals surface area contributed by atoms with E-state index in [0.717, 1.165) is 11.2 Å². The monoisotopic (exact) mass is 350 g/mol. The van der Waals surface area contributed by atoms with Crippen LogP contribution in [0.2, 0.25) is 0 Å². The highest BCUT2D eigenvalue weighted by atomic mass is 32.1.